The van der Waals surface area contributed by atoms with Gasteiger partial charge in [0.1, 0.15) is 6.04 Å². The van der Waals surface area contributed by atoms with Crippen molar-refractivity contribution in [3.8, 4) is 0 Å². The number of benzene rings is 1. The first kappa shape index (κ1) is 32.1. The van der Waals surface area contributed by atoms with Gasteiger partial charge < -0.3 is 25.4 Å². The molecule has 1 aromatic rings. The van der Waals surface area contributed by atoms with Crippen LogP contribution in [0.25, 0.3) is 0 Å². The molecule has 0 bridgehead atoms. The van der Waals surface area contributed by atoms with Gasteiger partial charge in [-0.2, -0.15) is 0 Å². The second-order valence-corrected chi connectivity index (χ2v) is 9.95. The minimum atomic E-state index is -1.65. The Labute approximate surface area is 226 Å². The number of non-ortho nitro benzene ring substituents is 1. The van der Waals surface area contributed by atoms with Crippen molar-refractivity contribution in [2.75, 3.05) is 72.1 Å². The number of carboxylic acids is 3. The Hall–Kier alpha value is -3.07. The molecule has 0 aromatic heterocycles. The monoisotopic (exact) mass is 572 g/mol. The van der Waals surface area contributed by atoms with Crippen molar-refractivity contribution < 1.29 is 43.9 Å². The average Bonchev–Trinajstić information content (AvgIpc) is 2.86. The number of carbonyl (C=O) groups is 3. The number of nitrogens with one attached hydrogen (secondary N) is 1. The number of ether oxygens (including phenoxy) is 1. The van der Waals surface area contributed by atoms with Crippen molar-refractivity contribution in [1.29, 1.82) is 0 Å². The molecule has 0 aliphatic carbocycles. The Morgan fingerprint density at radius 3 is 2.10 bits per heavy atom. The van der Waals surface area contributed by atoms with Gasteiger partial charge in [0.15, 0.2) is 0 Å². The van der Waals surface area contributed by atoms with Crippen molar-refractivity contribution >= 4 is 32.1 Å². The van der Waals surface area contributed by atoms with E-state index in [0.717, 1.165) is 0 Å². The van der Waals surface area contributed by atoms with Gasteiger partial charge in [-0.15, -0.1) is 0 Å². The number of nitro groups is 1. The highest BCUT2D eigenvalue weighted by atomic mass is 31.1. The summed E-state index contributed by atoms with van der Waals surface area (Å²) in [7, 11) is -1.19. The number of nitrogens with zero attached hydrogens (tertiary/aromatic N) is 4. The third-order valence-corrected chi connectivity index (χ3v) is 7.41. The molecule has 1 heterocycles. The zero-order valence-corrected chi connectivity index (χ0v) is 22.7. The molecular formula is C23H35N5O10P+. The number of carboxylic acid groups (broad SMARTS) is 3. The first-order valence-corrected chi connectivity index (χ1v) is 13.3. The molecule has 3 unspecified atom stereocenters. The van der Waals surface area contributed by atoms with Crippen LogP contribution in [-0.2, 0) is 29.0 Å². The lowest BCUT2D eigenvalue weighted by atomic mass is 9.97. The molecule has 1 aliphatic rings. The maximum absolute atomic E-state index is 13.0. The highest BCUT2D eigenvalue weighted by molar-refractivity contribution is 7.25. The van der Waals surface area contributed by atoms with Crippen molar-refractivity contribution in [2.45, 2.75) is 18.3 Å². The Morgan fingerprint density at radius 2 is 1.56 bits per heavy atom. The molecule has 216 valence electrons. The van der Waals surface area contributed by atoms with Crippen LogP contribution in [0.2, 0.25) is 0 Å². The standard InChI is InChI=1S/C23H34N5O10P/c1-2-38-23(39-37,17-3-5-18(6-4-17)28(35)36)19-13-26(15-21(31)32)12-11-25(14-20(29)30)9-7-24-8-10-27(19)16-22(33)34/h3-6,19,24H,2,7-16H2,1H3,(H,29,30)(H,31,32)(H,33,34)/p+1. The van der Waals surface area contributed by atoms with E-state index >= 15 is 0 Å². The van der Waals surface area contributed by atoms with Gasteiger partial charge in [-0.3, -0.25) is 39.2 Å². The Bertz CT molecular complexity index is 1010. The molecule has 0 radical (unpaired) electrons. The average molecular weight is 573 g/mol. The topological polar surface area (TPSA) is 203 Å². The van der Waals surface area contributed by atoms with Crippen LogP contribution in [0, 0.1) is 10.1 Å². The molecule has 1 aromatic carbocycles. The minimum Gasteiger partial charge on any atom is -0.480 e. The highest BCUT2D eigenvalue weighted by Crippen LogP contribution is 2.43. The quantitative estimate of drug-likeness (QED) is 0.147. The van der Waals surface area contributed by atoms with Crippen LogP contribution >= 0.6 is 8.46 Å². The molecule has 3 atom stereocenters. The van der Waals surface area contributed by atoms with Gasteiger partial charge in [-0.05, 0) is 19.1 Å². The maximum Gasteiger partial charge on any atom is 0.366 e. The summed E-state index contributed by atoms with van der Waals surface area (Å²) in [4.78, 5) is 50.4. The molecule has 1 fully saturated rings. The van der Waals surface area contributed by atoms with E-state index in [2.05, 4.69) is 5.32 Å². The van der Waals surface area contributed by atoms with E-state index in [9.17, 15) is 44.4 Å². The van der Waals surface area contributed by atoms with Gasteiger partial charge in [0, 0.05) is 70.1 Å². The normalized spacial score (nSPS) is 20.4. The Balaban J connectivity index is 2.63. The summed E-state index contributed by atoms with van der Waals surface area (Å²) in [5, 5.41) is 41.3. The summed E-state index contributed by atoms with van der Waals surface area (Å²) in [5.41, 5.74) is 0.112. The second-order valence-electron chi connectivity index (χ2n) is 9.00. The Morgan fingerprint density at radius 1 is 1.00 bits per heavy atom. The van der Waals surface area contributed by atoms with Gasteiger partial charge in [-0.1, -0.05) is 4.57 Å². The molecule has 1 aliphatic heterocycles. The predicted molar refractivity (Wildman–Crippen MR) is 139 cm³/mol. The number of hydrogen-bond acceptors (Lipinski definition) is 11. The first-order valence-electron chi connectivity index (χ1n) is 12.4. The van der Waals surface area contributed by atoms with Crippen LogP contribution in [-0.4, -0.2) is 131 Å². The summed E-state index contributed by atoms with van der Waals surface area (Å²) in [6, 6.07) is 4.32. The SMILES string of the molecule is CCOC([PH+]=O)(c1ccc([N+](=O)[O-])cc1)C1CN(CC(=O)O)CCN(CC(=O)O)CCNCCN1CC(=O)O. The van der Waals surface area contributed by atoms with Gasteiger partial charge in [0.05, 0.1) is 24.6 Å². The minimum absolute atomic E-state index is 0.0627. The molecule has 2 rings (SSSR count). The number of aliphatic carboxylic acids is 3. The molecule has 0 saturated carbocycles. The van der Waals surface area contributed by atoms with Crippen LogP contribution < -0.4 is 5.32 Å². The fourth-order valence-electron chi connectivity index (χ4n) is 4.61. The van der Waals surface area contributed by atoms with Crippen LogP contribution in [0.3, 0.4) is 0 Å². The molecule has 4 N–H and O–H groups in total. The van der Waals surface area contributed by atoms with E-state index in [1.807, 2.05) is 0 Å². The van der Waals surface area contributed by atoms with Crippen LogP contribution in [0.1, 0.15) is 12.5 Å². The lowest BCUT2D eigenvalue weighted by molar-refractivity contribution is -0.384. The van der Waals surface area contributed by atoms with Crippen molar-refractivity contribution in [1.82, 2.24) is 20.0 Å². The molecular weight excluding hydrogens is 537 g/mol. The van der Waals surface area contributed by atoms with E-state index < -0.39 is 55.8 Å². The molecule has 1 saturated heterocycles. The second kappa shape index (κ2) is 15.5. The molecule has 15 nitrogen and oxygen atoms in total. The van der Waals surface area contributed by atoms with Crippen LogP contribution in [0.15, 0.2) is 24.3 Å². The zero-order chi connectivity index (χ0) is 29.0. The number of hydrogen-bond donors (Lipinski definition) is 4. The summed E-state index contributed by atoms with van der Waals surface area (Å²) < 4.78 is 19.1. The lowest BCUT2D eigenvalue weighted by Crippen LogP contribution is -2.58. The van der Waals surface area contributed by atoms with E-state index in [0.29, 0.717) is 25.2 Å². The van der Waals surface area contributed by atoms with Gasteiger partial charge in [0.25, 0.3) is 5.69 Å². The molecule has 39 heavy (non-hydrogen) atoms. The Kier molecular flexibility index (Phi) is 12.8. The van der Waals surface area contributed by atoms with E-state index in [4.69, 9.17) is 4.74 Å². The number of nitro benzene ring substituents is 1. The first-order chi connectivity index (χ1) is 18.5. The highest BCUT2D eigenvalue weighted by Gasteiger charge is 2.53. The van der Waals surface area contributed by atoms with Gasteiger partial charge >= 0.3 is 31.7 Å². The predicted octanol–water partition coefficient (Wildman–Crippen LogP) is -0.0603. The summed E-state index contributed by atoms with van der Waals surface area (Å²) in [6.07, 6.45) is 0. The smallest absolute Gasteiger partial charge is 0.366 e. The van der Waals surface area contributed by atoms with Gasteiger partial charge in [-0.25, -0.2) is 0 Å². The molecule has 0 amide bonds. The van der Waals surface area contributed by atoms with E-state index in [1.54, 1.807) is 16.7 Å². The lowest BCUT2D eigenvalue weighted by Gasteiger charge is -2.40. The fourth-order valence-corrected chi connectivity index (χ4v) is 5.50. The molecule has 16 heteroatoms. The fraction of sp³-hybridized carbons (Fsp3) is 0.609. The number of rotatable bonds is 12. The van der Waals surface area contributed by atoms with Crippen molar-refractivity contribution in [3.63, 3.8) is 0 Å². The third-order valence-electron chi connectivity index (χ3n) is 6.34. The van der Waals surface area contributed by atoms with Crippen molar-refractivity contribution in [3.05, 3.63) is 39.9 Å². The van der Waals surface area contributed by atoms with E-state index in [1.165, 1.54) is 29.2 Å². The zero-order valence-electron chi connectivity index (χ0n) is 21.7. The molecule has 0 spiro atoms. The van der Waals surface area contributed by atoms with Crippen LogP contribution in [0.5, 0.6) is 0 Å². The van der Waals surface area contributed by atoms with Crippen LogP contribution in [0.4, 0.5) is 5.69 Å². The van der Waals surface area contributed by atoms with Gasteiger partial charge in [0.2, 0.25) is 0 Å². The summed E-state index contributed by atoms with van der Waals surface area (Å²) in [5.74, 6) is -3.34. The van der Waals surface area contributed by atoms with Crippen molar-refractivity contribution in [2.24, 2.45) is 0 Å². The maximum atomic E-state index is 13.0. The largest absolute Gasteiger partial charge is 0.480 e. The van der Waals surface area contributed by atoms with E-state index in [-0.39, 0.29) is 45.0 Å². The third kappa shape index (κ3) is 9.56. The summed E-state index contributed by atoms with van der Waals surface area (Å²) in [6.45, 7) is 2.06. The summed E-state index contributed by atoms with van der Waals surface area (Å²) >= 11 is 0.